The Morgan fingerprint density at radius 2 is 1.36 bits per heavy atom. The van der Waals surface area contributed by atoms with Crippen molar-refractivity contribution in [1.29, 1.82) is 0 Å². The van der Waals surface area contributed by atoms with Crippen molar-refractivity contribution in [1.82, 2.24) is 0 Å². The molecule has 0 radical (unpaired) electrons. The molecule has 0 bridgehead atoms. The first kappa shape index (κ1) is 12.0. The van der Waals surface area contributed by atoms with Gasteiger partial charge in [-0.1, -0.05) is 6.07 Å². The summed E-state index contributed by atoms with van der Waals surface area (Å²) in [6.45, 7) is -2.83. The molecule has 2 aromatic carbocycles. The van der Waals surface area contributed by atoms with Gasteiger partial charge in [-0.3, -0.25) is 0 Å². The Balaban J connectivity index is 0.887. The van der Waals surface area contributed by atoms with Gasteiger partial charge in [0.15, 0.2) is 0 Å². The fraction of sp³-hybridized carbons (Fsp3) is 0.458. The molecule has 3 nitrogen and oxygen atoms in total. The number of rotatable bonds is 5. The standard InChI is InChI=1S/C19H15O3.C5H5.Fe/c20-19(16-8-4-5-9-16)22-18-12-10-17(11-13-18)21-14-15-6-2-1-3-7-15;1-2-4-5-3-1;/h1-13H,14H2;1-5H;. The normalized spacial score (nSPS) is 76.4. The van der Waals surface area contributed by atoms with Crippen LogP contribution < -0.4 is 9.47 Å². The molecule has 12 rings (SSSR count). The number of fused-ring (bicyclic) bond motifs is 10. The van der Waals surface area contributed by atoms with Gasteiger partial charge in [0.2, 0.25) is 0 Å². The summed E-state index contributed by atoms with van der Waals surface area (Å²) in [6.07, 6.45) is 0. The Bertz CT molecular complexity index is 1500. The Morgan fingerprint density at radius 3 is 1.86 bits per heavy atom. The molecule has 10 fully saturated rings. The van der Waals surface area contributed by atoms with Crippen LogP contribution in [0.25, 0.3) is 0 Å². The van der Waals surface area contributed by atoms with Crippen LogP contribution in [0.1, 0.15) is 5.56 Å². The summed E-state index contributed by atoms with van der Waals surface area (Å²) in [5, 5.41) is 0. The van der Waals surface area contributed by atoms with E-state index in [4.69, 9.17) is 9.47 Å². The van der Waals surface area contributed by atoms with E-state index in [0.717, 1.165) is 54.7 Å². The van der Waals surface area contributed by atoms with Crippen molar-refractivity contribution in [3.05, 3.63) is 60.2 Å². The molecule has 10 aliphatic heterocycles. The van der Waals surface area contributed by atoms with E-state index >= 15 is 0 Å². The third-order valence-corrected chi connectivity index (χ3v) is 59.5. The SMILES string of the molecule is O=C(Oc1ccc(OCc2ccccc2)cc1)[C]12[CH]3[CH]4[CH]5[CH]1[Fe]45321678[CH]2[CH]1[CH]6[CH]7[CH]28. The summed E-state index contributed by atoms with van der Waals surface area (Å²) in [6, 6.07) is 17.9. The summed E-state index contributed by atoms with van der Waals surface area (Å²) < 4.78 is 12.1. The summed E-state index contributed by atoms with van der Waals surface area (Å²) >= 11 is 0. The number of esters is 1. The molecule has 10 saturated heterocycles. The van der Waals surface area contributed by atoms with E-state index in [2.05, 4.69) is 12.1 Å². The fourth-order valence-electron chi connectivity index (χ4n) is 18.3. The summed E-state index contributed by atoms with van der Waals surface area (Å²) in [4.78, 5) is 23.6. The van der Waals surface area contributed by atoms with Gasteiger partial charge in [0.05, 0.1) is 0 Å². The van der Waals surface area contributed by atoms with Crippen LogP contribution in [0.5, 0.6) is 11.5 Å². The maximum absolute atomic E-state index is 13.6. The second-order valence-corrected chi connectivity index (χ2v) is 36.9. The van der Waals surface area contributed by atoms with E-state index in [0.29, 0.717) is 12.4 Å². The second kappa shape index (κ2) is 1.47. The minimum absolute atomic E-state index is 0.182. The molecule has 142 valence electrons. The van der Waals surface area contributed by atoms with Crippen molar-refractivity contribution >= 4 is 5.97 Å². The van der Waals surface area contributed by atoms with Gasteiger partial charge in [-0.15, -0.1) is 0 Å². The van der Waals surface area contributed by atoms with Crippen molar-refractivity contribution in [3.8, 4) is 11.5 Å². The van der Waals surface area contributed by atoms with Gasteiger partial charge in [0.1, 0.15) is 0 Å². The number of carbonyl (C=O) groups is 1. The zero-order valence-electron chi connectivity index (χ0n) is 15.2. The van der Waals surface area contributed by atoms with Crippen LogP contribution in [-0.2, 0) is 17.9 Å². The molecule has 2 aromatic rings. The van der Waals surface area contributed by atoms with E-state index in [1.807, 2.05) is 42.5 Å². The summed E-state index contributed by atoms with van der Waals surface area (Å²) in [5.74, 6) is 1.77. The molecule has 1 spiro atoms. The first-order valence-electron chi connectivity index (χ1n) is 10.7. The molecule has 0 amide bonds. The predicted molar refractivity (Wildman–Crippen MR) is 99.3 cm³/mol. The van der Waals surface area contributed by atoms with Crippen molar-refractivity contribution in [2.24, 2.45) is 0 Å². The Kier molecular flexibility index (Phi) is 0.634. The number of carbonyl (C=O) groups excluding carboxylic acids is 1. The number of ether oxygens (including phenoxy) is 2. The van der Waals surface area contributed by atoms with Gasteiger partial charge in [0.25, 0.3) is 0 Å². The molecule has 4 heteroatoms. The van der Waals surface area contributed by atoms with Crippen molar-refractivity contribution in [2.45, 2.75) is 54.3 Å². The third-order valence-electron chi connectivity index (χ3n) is 17.3. The van der Waals surface area contributed by atoms with Gasteiger partial charge in [-0.05, 0) is 0 Å². The van der Waals surface area contributed by atoms with Crippen LogP contribution in [0.4, 0.5) is 0 Å². The molecule has 0 N–H and O–H groups in total. The number of benzene rings is 2. The molecule has 4 unspecified atom stereocenters. The van der Waals surface area contributed by atoms with E-state index in [-0.39, 0.29) is 10.3 Å². The summed E-state index contributed by atoms with van der Waals surface area (Å²) in [5.41, 5.74) is 1.15. The van der Waals surface area contributed by atoms with Gasteiger partial charge in [0, 0.05) is 0 Å². The van der Waals surface area contributed by atoms with Crippen LogP contribution in [0.15, 0.2) is 54.6 Å². The van der Waals surface area contributed by atoms with E-state index in [1.54, 1.807) is 0 Å². The van der Waals surface area contributed by atoms with Crippen molar-refractivity contribution in [2.75, 3.05) is 0 Å². The van der Waals surface area contributed by atoms with Crippen LogP contribution in [0.3, 0.4) is 0 Å². The van der Waals surface area contributed by atoms with Crippen molar-refractivity contribution in [3.63, 3.8) is 0 Å². The molecule has 10 heterocycles. The Labute approximate surface area is 152 Å². The zero-order valence-corrected chi connectivity index (χ0v) is 16.3. The predicted octanol–water partition coefficient (Wildman–Crippen LogP) is 5.93. The average Bonchev–Trinajstić information content (AvgIpc) is 3.67. The van der Waals surface area contributed by atoms with Crippen LogP contribution in [-0.4, -0.2) is 5.97 Å². The molecular weight excluding hydrogens is 392 g/mol. The van der Waals surface area contributed by atoms with Gasteiger partial charge in [-0.2, -0.15) is 0 Å². The maximum atomic E-state index is 13.6. The van der Waals surface area contributed by atoms with Gasteiger partial charge in [-0.25, -0.2) is 0 Å². The molecule has 4 atom stereocenters. The van der Waals surface area contributed by atoms with Crippen molar-refractivity contribution < 1.29 is 20.8 Å². The zero-order chi connectivity index (χ0) is 17.8. The Morgan fingerprint density at radius 1 is 0.786 bits per heavy atom. The van der Waals surface area contributed by atoms with Crippen LogP contribution >= 0.6 is 0 Å². The average molecular weight is 412 g/mol. The first-order chi connectivity index (χ1) is 13.5. The summed E-state index contributed by atoms with van der Waals surface area (Å²) in [7, 11) is 0. The van der Waals surface area contributed by atoms with Gasteiger partial charge < -0.3 is 0 Å². The second-order valence-electron chi connectivity index (χ2n) is 13.3. The monoisotopic (exact) mass is 412 g/mol. The van der Waals surface area contributed by atoms with E-state index in [9.17, 15) is 4.79 Å². The quantitative estimate of drug-likeness (QED) is 0.347. The van der Waals surface area contributed by atoms with Crippen LogP contribution in [0.2, 0.25) is 47.7 Å². The first-order valence-corrected chi connectivity index (χ1v) is 17.0. The van der Waals surface area contributed by atoms with E-state index in [1.165, 1.54) is 0 Å². The number of hydrogen-bond donors (Lipinski definition) is 0. The molecular formula is C24H20FeO3. The van der Waals surface area contributed by atoms with Crippen LogP contribution in [0, 0.1) is 0 Å². The fourth-order valence-corrected chi connectivity index (χ4v) is 91.8. The molecule has 0 saturated carbocycles. The molecule has 10 aliphatic rings. The Hall–Kier alpha value is -1.77. The number of hydrogen-bond acceptors (Lipinski definition) is 3. The van der Waals surface area contributed by atoms with E-state index < -0.39 is 6.51 Å². The van der Waals surface area contributed by atoms with Gasteiger partial charge >= 0.3 is 147 Å². The topological polar surface area (TPSA) is 35.5 Å². The molecule has 28 heavy (non-hydrogen) atoms. The third kappa shape index (κ3) is 0.219. The minimum atomic E-state index is -3.39. The molecule has 0 aromatic heterocycles. The molecule has 0 aliphatic carbocycles.